The fourth-order valence-electron chi connectivity index (χ4n) is 11.1. The van der Waals surface area contributed by atoms with Gasteiger partial charge in [-0.05, 0) is 77.0 Å². The van der Waals surface area contributed by atoms with Crippen LogP contribution < -0.4 is 0 Å². The van der Waals surface area contributed by atoms with Crippen LogP contribution in [0.5, 0.6) is 0 Å². The van der Waals surface area contributed by atoms with Gasteiger partial charge < -0.3 is 14.2 Å². The van der Waals surface area contributed by atoms with E-state index in [1.165, 1.54) is 250 Å². The third-order valence-electron chi connectivity index (χ3n) is 16.6. The largest absolute Gasteiger partial charge is 0.462 e. The van der Waals surface area contributed by atoms with E-state index in [0.717, 1.165) is 109 Å². The summed E-state index contributed by atoms with van der Waals surface area (Å²) in [5.41, 5.74) is 0. The zero-order chi connectivity index (χ0) is 59.2. The summed E-state index contributed by atoms with van der Waals surface area (Å²) >= 11 is 0. The molecular formula is C76H140O6. The molecule has 480 valence electrons. The summed E-state index contributed by atoms with van der Waals surface area (Å²) in [4.78, 5) is 38.4. The van der Waals surface area contributed by atoms with E-state index in [-0.39, 0.29) is 31.1 Å². The van der Waals surface area contributed by atoms with Gasteiger partial charge in [-0.25, -0.2) is 0 Å². The van der Waals surface area contributed by atoms with Crippen molar-refractivity contribution in [2.75, 3.05) is 13.2 Å². The van der Waals surface area contributed by atoms with Crippen LogP contribution in [0.4, 0.5) is 0 Å². The van der Waals surface area contributed by atoms with Crippen molar-refractivity contribution in [1.29, 1.82) is 0 Å². The highest BCUT2D eigenvalue weighted by atomic mass is 16.6. The molecule has 0 aromatic rings. The molecule has 0 aliphatic carbocycles. The number of allylic oxidation sites excluding steroid dienone is 8. The molecule has 0 aliphatic heterocycles. The predicted octanol–water partition coefficient (Wildman–Crippen LogP) is 25.3. The van der Waals surface area contributed by atoms with E-state index in [4.69, 9.17) is 14.2 Å². The molecule has 0 N–H and O–H groups in total. The van der Waals surface area contributed by atoms with Crippen LogP contribution in [-0.2, 0) is 28.6 Å². The minimum atomic E-state index is -0.784. The Morgan fingerprint density at radius 3 is 0.756 bits per heavy atom. The third kappa shape index (κ3) is 68.2. The molecule has 82 heavy (non-hydrogen) atoms. The zero-order valence-electron chi connectivity index (χ0n) is 55.3. The molecule has 0 aliphatic rings. The number of hydrogen-bond acceptors (Lipinski definition) is 6. The molecule has 0 spiro atoms. The number of hydrogen-bond donors (Lipinski definition) is 0. The molecule has 0 fully saturated rings. The van der Waals surface area contributed by atoms with E-state index in [2.05, 4.69) is 69.4 Å². The molecule has 1 unspecified atom stereocenters. The van der Waals surface area contributed by atoms with Crippen LogP contribution in [0.3, 0.4) is 0 Å². The van der Waals surface area contributed by atoms with E-state index in [0.29, 0.717) is 19.3 Å². The molecule has 0 amide bonds. The summed E-state index contributed by atoms with van der Waals surface area (Å²) in [6, 6.07) is 0. The van der Waals surface area contributed by atoms with Crippen molar-refractivity contribution in [2.45, 2.75) is 406 Å². The molecule has 0 rings (SSSR count). The van der Waals surface area contributed by atoms with Crippen molar-refractivity contribution in [1.82, 2.24) is 0 Å². The summed E-state index contributed by atoms with van der Waals surface area (Å²) in [7, 11) is 0. The summed E-state index contributed by atoms with van der Waals surface area (Å²) in [6.45, 7) is 6.57. The molecule has 0 aromatic heterocycles. The lowest BCUT2D eigenvalue weighted by Crippen LogP contribution is -2.30. The smallest absolute Gasteiger partial charge is 0.306 e. The van der Waals surface area contributed by atoms with E-state index >= 15 is 0 Å². The number of unbranched alkanes of at least 4 members (excludes halogenated alkanes) is 49. The molecule has 0 bridgehead atoms. The highest BCUT2D eigenvalue weighted by Crippen LogP contribution is 2.19. The van der Waals surface area contributed by atoms with Crippen LogP contribution in [0, 0.1) is 0 Å². The molecule has 6 nitrogen and oxygen atoms in total. The average molecular weight is 1150 g/mol. The summed E-state index contributed by atoms with van der Waals surface area (Å²) < 4.78 is 17.0. The second kappa shape index (κ2) is 70.9. The van der Waals surface area contributed by atoms with Crippen LogP contribution in [0.25, 0.3) is 0 Å². The van der Waals surface area contributed by atoms with Gasteiger partial charge in [-0.1, -0.05) is 352 Å². The van der Waals surface area contributed by atoms with Crippen molar-refractivity contribution in [2.24, 2.45) is 0 Å². The minimum absolute atomic E-state index is 0.0784. The van der Waals surface area contributed by atoms with Crippen molar-refractivity contribution in [3.8, 4) is 0 Å². The number of carbonyl (C=O) groups is 3. The Hall–Kier alpha value is -2.63. The average Bonchev–Trinajstić information content (AvgIpc) is 3.47. The fraction of sp³-hybridized carbons (Fsp3) is 0.855. The van der Waals surface area contributed by atoms with Gasteiger partial charge in [-0.15, -0.1) is 0 Å². The first-order valence-corrected chi connectivity index (χ1v) is 36.6. The highest BCUT2D eigenvalue weighted by Gasteiger charge is 2.19. The molecule has 1 atom stereocenters. The van der Waals surface area contributed by atoms with Crippen LogP contribution >= 0.6 is 0 Å². The lowest BCUT2D eigenvalue weighted by Gasteiger charge is -2.18. The fourth-order valence-corrected chi connectivity index (χ4v) is 11.1. The topological polar surface area (TPSA) is 78.9 Å². The van der Waals surface area contributed by atoms with E-state index < -0.39 is 6.10 Å². The summed E-state index contributed by atoms with van der Waals surface area (Å²) in [6.07, 6.45) is 90.3. The van der Waals surface area contributed by atoms with Gasteiger partial charge in [-0.3, -0.25) is 14.4 Å². The molecular weight excluding hydrogens is 1010 g/mol. The Bertz CT molecular complexity index is 1410. The Balaban J connectivity index is 4.13. The maximum atomic E-state index is 12.9. The molecule has 0 heterocycles. The van der Waals surface area contributed by atoms with Crippen molar-refractivity contribution >= 4 is 17.9 Å². The first-order chi connectivity index (χ1) is 40.5. The Labute approximate surface area is 511 Å². The Morgan fingerprint density at radius 2 is 0.476 bits per heavy atom. The van der Waals surface area contributed by atoms with Crippen LogP contribution in [0.15, 0.2) is 48.6 Å². The molecule has 0 radical (unpaired) electrons. The van der Waals surface area contributed by atoms with Crippen molar-refractivity contribution in [3.05, 3.63) is 48.6 Å². The van der Waals surface area contributed by atoms with Gasteiger partial charge in [0.1, 0.15) is 13.2 Å². The van der Waals surface area contributed by atoms with Crippen LogP contribution in [0.2, 0.25) is 0 Å². The lowest BCUT2D eigenvalue weighted by molar-refractivity contribution is -0.167. The number of carbonyl (C=O) groups excluding carboxylic acids is 3. The SMILES string of the molecule is CC/C=C\C/C=C\C/C=C\CCCCCCCC(=O)OCC(COC(=O)CCCCCCCCCCCCCCCCCCCCCCCCCCCCCCCCCCC)OC(=O)CCCCCCC/C=C\CCCCCCCCC. The zero-order valence-corrected chi connectivity index (χ0v) is 55.3. The van der Waals surface area contributed by atoms with Gasteiger partial charge in [-0.2, -0.15) is 0 Å². The third-order valence-corrected chi connectivity index (χ3v) is 16.6. The summed E-state index contributed by atoms with van der Waals surface area (Å²) in [5, 5.41) is 0. The standard InChI is InChI=1S/C76H140O6/c1-4-7-10-13-16-19-22-25-28-30-31-32-33-34-35-36-37-38-39-40-41-42-43-44-45-46-49-51-54-57-60-63-66-69-75(78)81-72-73(71-80-74(77)68-65-62-59-56-53-50-47-27-24-21-18-15-12-9-6-3)82-76(79)70-67-64-61-58-55-52-48-29-26-23-20-17-14-11-8-5-2/h9,12,18,21,27,29,47-48,73H,4-8,10-11,13-17,19-20,22-26,28,30-46,49-72H2,1-3H3/b12-9-,21-18-,47-27-,48-29-. The van der Waals surface area contributed by atoms with Gasteiger partial charge in [0.05, 0.1) is 0 Å². The monoisotopic (exact) mass is 1150 g/mol. The van der Waals surface area contributed by atoms with Crippen LogP contribution in [-0.4, -0.2) is 37.2 Å². The number of rotatable bonds is 68. The molecule has 0 aromatic carbocycles. The van der Waals surface area contributed by atoms with E-state index in [1.807, 2.05) is 0 Å². The second-order valence-corrected chi connectivity index (χ2v) is 24.8. The van der Waals surface area contributed by atoms with E-state index in [1.54, 1.807) is 0 Å². The van der Waals surface area contributed by atoms with Gasteiger partial charge >= 0.3 is 17.9 Å². The first kappa shape index (κ1) is 79.4. The molecule has 0 saturated carbocycles. The highest BCUT2D eigenvalue weighted by molar-refractivity contribution is 5.71. The Morgan fingerprint density at radius 1 is 0.256 bits per heavy atom. The van der Waals surface area contributed by atoms with Gasteiger partial charge in [0.2, 0.25) is 0 Å². The van der Waals surface area contributed by atoms with Crippen molar-refractivity contribution < 1.29 is 28.6 Å². The van der Waals surface area contributed by atoms with E-state index in [9.17, 15) is 14.4 Å². The van der Waals surface area contributed by atoms with Gasteiger partial charge in [0.15, 0.2) is 6.10 Å². The minimum Gasteiger partial charge on any atom is -0.462 e. The van der Waals surface area contributed by atoms with Gasteiger partial charge in [0.25, 0.3) is 0 Å². The Kier molecular flexibility index (Phi) is 68.6. The molecule has 0 saturated heterocycles. The van der Waals surface area contributed by atoms with Crippen LogP contribution in [0.1, 0.15) is 400 Å². The number of esters is 3. The maximum absolute atomic E-state index is 12.9. The van der Waals surface area contributed by atoms with Crippen molar-refractivity contribution in [3.63, 3.8) is 0 Å². The molecule has 6 heteroatoms. The number of ether oxygens (including phenoxy) is 3. The predicted molar refractivity (Wildman–Crippen MR) is 358 cm³/mol. The maximum Gasteiger partial charge on any atom is 0.306 e. The quantitative estimate of drug-likeness (QED) is 0.0261. The second-order valence-electron chi connectivity index (χ2n) is 24.8. The summed E-state index contributed by atoms with van der Waals surface area (Å²) in [5.74, 6) is -0.880. The lowest BCUT2D eigenvalue weighted by atomic mass is 10.0. The van der Waals surface area contributed by atoms with Gasteiger partial charge in [0, 0.05) is 19.3 Å². The normalized spacial score (nSPS) is 12.3. The first-order valence-electron chi connectivity index (χ1n) is 36.6.